The highest BCUT2D eigenvalue weighted by atomic mass is 16.5. The van der Waals surface area contributed by atoms with Crippen LogP contribution in [0.1, 0.15) is 16.7 Å². The fourth-order valence-electron chi connectivity index (χ4n) is 3.46. The molecule has 0 heterocycles. The van der Waals surface area contributed by atoms with Crippen LogP contribution >= 0.6 is 0 Å². The van der Waals surface area contributed by atoms with E-state index in [9.17, 15) is 9.90 Å². The summed E-state index contributed by atoms with van der Waals surface area (Å²) in [6.07, 6.45) is 6.78. The maximum absolute atomic E-state index is 12.4. The Kier molecular flexibility index (Phi) is 8.83. The predicted molar refractivity (Wildman–Crippen MR) is 140 cm³/mol. The number of amides is 1. The van der Waals surface area contributed by atoms with E-state index in [1.807, 2.05) is 36.4 Å². The number of hydrogen-bond acceptors (Lipinski definition) is 7. The molecule has 0 atom stereocenters. The summed E-state index contributed by atoms with van der Waals surface area (Å²) in [5, 5.41) is 12.7. The summed E-state index contributed by atoms with van der Waals surface area (Å²) in [4.78, 5) is 12.4. The van der Waals surface area contributed by atoms with Crippen LogP contribution in [-0.4, -0.2) is 46.6 Å². The number of benzene rings is 3. The summed E-state index contributed by atoms with van der Waals surface area (Å²) in [5.41, 5.74) is 2.90. The summed E-state index contributed by atoms with van der Waals surface area (Å²) < 4.78 is 26.7. The molecule has 0 unspecified atom stereocenters. The zero-order valence-corrected chi connectivity index (χ0v) is 20.8. The van der Waals surface area contributed by atoms with Gasteiger partial charge in [-0.25, -0.2) is 0 Å². The van der Waals surface area contributed by atoms with Gasteiger partial charge in [-0.05, 0) is 59.2 Å². The maximum atomic E-state index is 12.4. The number of rotatable bonds is 10. The molecule has 36 heavy (non-hydrogen) atoms. The van der Waals surface area contributed by atoms with Crippen LogP contribution in [0.5, 0.6) is 34.5 Å². The minimum absolute atomic E-state index is 0.00287. The average molecular weight is 492 g/mol. The van der Waals surface area contributed by atoms with Crippen molar-refractivity contribution < 1.29 is 33.6 Å². The smallest absolute Gasteiger partial charge is 0.248 e. The Morgan fingerprint density at radius 3 is 1.81 bits per heavy atom. The van der Waals surface area contributed by atoms with Crippen LogP contribution in [0.3, 0.4) is 0 Å². The highest BCUT2D eigenvalue weighted by molar-refractivity contribution is 6.03. The molecule has 0 bridgehead atoms. The number of methoxy groups -OCH3 is 5. The molecule has 2 N–H and O–H groups in total. The molecule has 0 spiro atoms. The molecule has 3 aromatic carbocycles. The van der Waals surface area contributed by atoms with E-state index in [1.54, 1.807) is 45.6 Å². The van der Waals surface area contributed by atoms with Crippen molar-refractivity contribution in [1.29, 1.82) is 0 Å². The minimum atomic E-state index is -0.343. The number of carbonyl (C=O) groups excluding carboxylic acids is 1. The number of aromatic hydroxyl groups is 1. The van der Waals surface area contributed by atoms with Crippen molar-refractivity contribution >= 4 is 29.8 Å². The minimum Gasteiger partial charge on any atom is -0.504 e. The van der Waals surface area contributed by atoms with Crippen LogP contribution in [0.4, 0.5) is 5.69 Å². The highest BCUT2D eigenvalue weighted by Crippen LogP contribution is 2.38. The molecule has 8 heteroatoms. The Bertz CT molecular complexity index is 1260. The van der Waals surface area contributed by atoms with E-state index in [1.165, 1.54) is 26.4 Å². The first-order chi connectivity index (χ1) is 17.4. The van der Waals surface area contributed by atoms with E-state index in [0.29, 0.717) is 40.0 Å². The number of ether oxygens (including phenoxy) is 5. The molecule has 1 amide bonds. The fraction of sp³-hybridized carbons (Fsp3) is 0.179. The van der Waals surface area contributed by atoms with Crippen LogP contribution in [0.25, 0.3) is 18.2 Å². The van der Waals surface area contributed by atoms with E-state index >= 15 is 0 Å². The molecule has 0 radical (unpaired) electrons. The summed E-state index contributed by atoms with van der Waals surface area (Å²) in [5.74, 6) is 2.17. The van der Waals surface area contributed by atoms with Crippen LogP contribution < -0.4 is 29.0 Å². The quantitative estimate of drug-likeness (QED) is 0.295. The number of hydrogen-bond donors (Lipinski definition) is 2. The lowest BCUT2D eigenvalue weighted by molar-refractivity contribution is -0.111. The number of carbonyl (C=O) groups is 1. The van der Waals surface area contributed by atoms with Gasteiger partial charge < -0.3 is 34.1 Å². The molecular formula is C28H29NO7. The lowest BCUT2D eigenvalue weighted by Gasteiger charge is -2.13. The second kappa shape index (κ2) is 12.2. The first-order valence-corrected chi connectivity index (χ1v) is 10.9. The van der Waals surface area contributed by atoms with Gasteiger partial charge in [0.25, 0.3) is 0 Å². The van der Waals surface area contributed by atoms with Gasteiger partial charge in [0, 0.05) is 6.08 Å². The van der Waals surface area contributed by atoms with Crippen molar-refractivity contribution in [2.24, 2.45) is 0 Å². The summed E-state index contributed by atoms with van der Waals surface area (Å²) in [7, 11) is 7.70. The van der Waals surface area contributed by atoms with Crippen molar-refractivity contribution in [3.8, 4) is 34.5 Å². The van der Waals surface area contributed by atoms with Gasteiger partial charge in [0.15, 0.2) is 23.0 Å². The van der Waals surface area contributed by atoms with Gasteiger partial charge >= 0.3 is 0 Å². The molecule has 3 aromatic rings. The van der Waals surface area contributed by atoms with Crippen molar-refractivity contribution in [2.75, 3.05) is 40.9 Å². The lowest BCUT2D eigenvalue weighted by Crippen LogP contribution is -2.09. The van der Waals surface area contributed by atoms with Crippen LogP contribution in [0.2, 0.25) is 0 Å². The van der Waals surface area contributed by atoms with Crippen molar-refractivity contribution in [3.63, 3.8) is 0 Å². The lowest BCUT2D eigenvalue weighted by atomic mass is 10.1. The van der Waals surface area contributed by atoms with Gasteiger partial charge in [-0.3, -0.25) is 4.79 Å². The van der Waals surface area contributed by atoms with Crippen molar-refractivity contribution in [1.82, 2.24) is 0 Å². The largest absolute Gasteiger partial charge is 0.504 e. The number of nitrogens with one attached hydrogen (secondary N) is 1. The summed E-state index contributed by atoms with van der Waals surface area (Å²) >= 11 is 0. The molecule has 0 saturated carbocycles. The van der Waals surface area contributed by atoms with Crippen LogP contribution in [0.15, 0.2) is 54.6 Å². The molecule has 0 saturated heterocycles. The van der Waals surface area contributed by atoms with E-state index in [2.05, 4.69) is 5.32 Å². The van der Waals surface area contributed by atoms with Gasteiger partial charge in [-0.1, -0.05) is 24.3 Å². The van der Waals surface area contributed by atoms with E-state index in [4.69, 9.17) is 23.7 Å². The molecular weight excluding hydrogens is 462 g/mol. The van der Waals surface area contributed by atoms with Gasteiger partial charge in [-0.2, -0.15) is 0 Å². The molecule has 0 aliphatic rings. The Morgan fingerprint density at radius 2 is 1.22 bits per heavy atom. The Morgan fingerprint density at radius 1 is 0.667 bits per heavy atom. The third-order valence-electron chi connectivity index (χ3n) is 5.27. The molecule has 188 valence electrons. The molecule has 0 aliphatic heterocycles. The summed E-state index contributed by atoms with van der Waals surface area (Å²) in [6.45, 7) is 0. The fourth-order valence-corrected chi connectivity index (χ4v) is 3.46. The summed E-state index contributed by atoms with van der Waals surface area (Å²) in [6, 6.07) is 14.0. The van der Waals surface area contributed by atoms with E-state index in [0.717, 1.165) is 11.1 Å². The number of anilines is 1. The van der Waals surface area contributed by atoms with Gasteiger partial charge in [0.1, 0.15) is 5.75 Å². The average Bonchev–Trinajstić information content (AvgIpc) is 2.90. The standard InChI is InChI=1S/C28H29NO7/c1-32-23-12-9-18(14-22(23)30)10-13-27(31)29-21-11-8-19(15-24(21)33-2)6-7-20-16-25(34-3)28(36-5)26(17-20)35-4/h6-17,30H,1-5H3,(H,29,31)/b7-6?,13-10+. The zero-order chi connectivity index (χ0) is 26.1. The molecule has 0 fully saturated rings. The zero-order valence-electron chi connectivity index (χ0n) is 20.8. The normalized spacial score (nSPS) is 10.9. The Labute approximate surface area is 210 Å². The SMILES string of the molecule is COc1ccc(/C=C/C(=O)Nc2ccc(C=Cc3cc(OC)c(OC)c(OC)c3)cc2OC)cc1O. The second-order valence-corrected chi connectivity index (χ2v) is 7.51. The van der Waals surface area contributed by atoms with Crippen molar-refractivity contribution in [2.45, 2.75) is 0 Å². The Hall–Kier alpha value is -4.59. The first kappa shape index (κ1) is 26.0. The molecule has 8 nitrogen and oxygen atoms in total. The predicted octanol–water partition coefficient (Wildman–Crippen LogP) is 5.26. The molecule has 0 aromatic heterocycles. The van der Waals surface area contributed by atoms with E-state index in [-0.39, 0.29) is 11.7 Å². The van der Waals surface area contributed by atoms with Crippen LogP contribution in [-0.2, 0) is 4.79 Å². The number of phenols is 1. The topological polar surface area (TPSA) is 95.5 Å². The van der Waals surface area contributed by atoms with Crippen molar-refractivity contribution in [3.05, 3.63) is 71.3 Å². The maximum Gasteiger partial charge on any atom is 0.248 e. The Balaban J connectivity index is 1.74. The first-order valence-electron chi connectivity index (χ1n) is 10.9. The number of phenolic OH excluding ortho intramolecular Hbond substituents is 1. The monoisotopic (exact) mass is 491 g/mol. The highest BCUT2D eigenvalue weighted by Gasteiger charge is 2.12. The van der Waals surface area contributed by atoms with Gasteiger partial charge in [0.05, 0.1) is 41.2 Å². The third-order valence-corrected chi connectivity index (χ3v) is 5.27. The van der Waals surface area contributed by atoms with Gasteiger partial charge in [0.2, 0.25) is 11.7 Å². The third kappa shape index (κ3) is 6.29. The molecule has 3 rings (SSSR count). The second-order valence-electron chi connectivity index (χ2n) is 7.51. The van der Waals surface area contributed by atoms with Crippen LogP contribution in [0, 0.1) is 0 Å². The van der Waals surface area contributed by atoms with E-state index < -0.39 is 0 Å². The molecule has 0 aliphatic carbocycles. The van der Waals surface area contributed by atoms with Gasteiger partial charge in [-0.15, -0.1) is 0 Å².